The molecule has 23 heavy (non-hydrogen) atoms. The van der Waals surface area contributed by atoms with Crippen LogP contribution in [0, 0.1) is 6.92 Å². The zero-order chi connectivity index (χ0) is 17.0. The van der Waals surface area contributed by atoms with Crippen molar-refractivity contribution in [3.8, 4) is 5.75 Å². The Morgan fingerprint density at radius 2 is 1.83 bits per heavy atom. The van der Waals surface area contributed by atoms with Gasteiger partial charge in [0.25, 0.3) is 10.0 Å². The summed E-state index contributed by atoms with van der Waals surface area (Å²) in [5, 5.41) is 9.70. The van der Waals surface area contributed by atoms with Crippen molar-refractivity contribution in [2.45, 2.75) is 18.7 Å². The van der Waals surface area contributed by atoms with E-state index in [4.69, 9.17) is 4.74 Å². The average Bonchev–Trinajstić information content (AvgIpc) is 2.49. The van der Waals surface area contributed by atoms with Gasteiger partial charge in [-0.05, 0) is 44.2 Å². The van der Waals surface area contributed by atoms with Crippen LogP contribution in [0.25, 0.3) is 0 Å². The summed E-state index contributed by atoms with van der Waals surface area (Å²) in [6.45, 7) is 3.64. The minimum atomic E-state index is -3.78. The second kappa shape index (κ2) is 6.70. The number of esters is 1. The number of rotatable bonds is 5. The van der Waals surface area contributed by atoms with Gasteiger partial charge in [0, 0.05) is 5.69 Å². The van der Waals surface area contributed by atoms with Crippen molar-refractivity contribution in [1.29, 1.82) is 0 Å². The Bertz CT molecular complexity index is 813. The Hall–Kier alpha value is -2.54. The first-order chi connectivity index (χ1) is 10.8. The Balaban J connectivity index is 2.31. The number of benzene rings is 2. The highest BCUT2D eigenvalue weighted by Crippen LogP contribution is 2.24. The third-order valence-corrected chi connectivity index (χ3v) is 4.47. The summed E-state index contributed by atoms with van der Waals surface area (Å²) in [6, 6.07) is 10.2. The van der Waals surface area contributed by atoms with Crippen molar-refractivity contribution in [2.75, 3.05) is 11.3 Å². The van der Waals surface area contributed by atoms with Gasteiger partial charge in [0.2, 0.25) is 0 Å². The van der Waals surface area contributed by atoms with Gasteiger partial charge in [0.15, 0.2) is 0 Å². The fourth-order valence-corrected chi connectivity index (χ4v) is 2.95. The van der Waals surface area contributed by atoms with Gasteiger partial charge in [-0.1, -0.05) is 17.7 Å². The van der Waals surface area contributed by atoms with Crippen molar-refractivity contribution < 1.29 is 23.1 Å². The Morgan fingerprint density at radius 1 is 1.17 bits per heavy atom. The summed E-state index contributed by atoms with van der Waals surface area (Å²) in [5.41, 5.74) is 1.00. The molecule has 0 aliphatic heterocycles. The van der Waals surface area contributed by atoms with Crippen LogP contribution in [0.2, 0.25) is 0 Å². The lowest BCUT2D eigenvalue weighted by molar-refractivity contribution is 0.0523. The van der Waals surface area contributed by atoms with Crippen molar-refractivity contribution in [2.24, 2.45) is 0 Å². The maximum absolute atomic E-state index is 12.3. The lowest BCUT2D eigenvalue weighted by Gasteiger charge is -2.10. The molecular weight excluding hydrogens is 318 g/mol. The topological polar surface area (TPSA) is 92.7 Å². The third kappa shape index (κ3) is 4.01. The van der Waals surface area contributed by atoms with Gasteiger partial charge in [-0.2, -0.15) is 0 Å². The van der Waals surface area contributed by atoms with Crippen LogP contribution in [0.3, 0.4) is 0 Å². The number of aromatic hydroxyl groups is 1. The first kappa shape index (κ1) is 16.8. The number of aryl methyl sites for hydroxylation is 1. The molecule has 2 aromatic carbocycles. The normalized spacial score (nSPS) is 11.0. The SMILES string of the molecule is CCOC(=O)c1cc(NS(=O)(=O)c2ccc(C)cc2)ccc1O. The van der Waals surface area contributed by atoms with E-state index in [-0.39, 0.29) is 28.5 Å². The minimum Gasteiger partial charge on any atom is -0.507 e. The highest BCUT2D eigenvalue weighted by Gasteiger charge is 2.17. The first-order valence-corrected chi connectivity index (χ1v) is 8.41. The second-order valence-electron chi connectivity index (χ2n) is 4.87. The summed E-state index contributed by atoms with van der Waals surface area (Å²) < 4.78 is 31.8. The number of hydrogen-bond donors (Lipinski definition) is 2. The molecular formula is C16H17NO5S. The van der Waals surface area contributed by atoms with Crippen LogP contribution >= 0.6 is 0 Å². The molecule has 0 amide bonds. The van der Waals surface area contributed by atoms with Crippen LogP contribution in [0.4, 0.5) is 5.69 Å². The van der Waals surface area contributed by atoms with E-state index in [1.807, 2.05) is 6.92 Å². The predicted octanol–water partition coefficient (Wildman–Crippen LogP) is 2.68. The standard InChI is InChI=1S/C16H17NO5S/c1-3-22-16(19)14-10-12(6-9-15(14)18)17-23(20,21)13-7-4-11(2)5-8-13/h4-10,17-18H,3H2,1-2H3. The summed E-state index contributed by atoms with van der Waals surface area (Å²) in [4.78, 5) is 11.8. The first-order valence-electron chi connectivity index (χ1n) is 6.93. The van der Waals surface area contributed by atoms with E-state index in [0.29, 0.717) is 0 Å². The maximum atomic E-state index is 12.3. The molecule has 0 unspecified atom stereocenters. The number of hydrogen-bond acceptors (Lipinski definition) is 5. The number of phenols is 1. The van der Waals surface area contributed by atoms with E-state index in [2.05, 4.69) is 4.72 Å². The Kier molecular flexibility index (Phi) is 4.90. The average molecular weight is 335 g/mol. The highest BCUT2D eigenvalue weighted by molar-refractivity contribution is 7.92. The number of carbonyl (C=O) groups is 1. The molecule has 0 aliphatic rings. The molecule has 0 spiro atoms. The number of anilines is 1. The predicted molar refractivity (Wildman–Crippen MR) is 86.1 cm³/mol. The molecule has 0 atom stereocenters. The second-order valence-corrected chi connectivity index (χ2v) is 6.55. The molecule has 0 saturated heterocycles. The molecule has 2 N–H and O–H groups in total. The minimum absolute atomic E-state index is 0.101. The van der Waals surface area contributed by atoms with Gasteiger partial charge in [-0.25, -0.2) is 13.2 Å². The zero-order valence-corrected chi connectivity index (χ0v) is 13.6. The molecule has 7 heteroatoms. The number of ether oxygens (including phenoxy) is 1. The van der Waals surface area contributed by atoms with Crippen molar-refractivity contribution in [3.63, 3.8) is 0 Å². The molecule has 0 aromatic heterocycles. The molecule has 6 nitrogen and oxygen atoms in total. The van der Waals surface area contributed by atoms with Crippen LogP contribution in [-0.4, -0.2) is 26.1 Å². The van der Waals surface area contributed by atoms with Gasteiger partial charge in [-0.15, -0.1) is 0 Å². The molecule has 2 rings (SSSR count). The van der Waals surface area contributed by atoms with E-state index in [9.17, 15) is 18.3 Å². The van der Waals surface area contributed by atoms with Gasteiger partial charge < -0.3 is 9.84 Å². The lowest BCUT2D eigenvalue weighted by atomic mass is 10.2. The van der Waals surface area contributed by atoms with E-state index in [0.717, 1.165) is 5.56 Å². The van der Waals surface area contributed by atoms with Crippen LogP contribution in [0.1, 0.15) is 22.8 Å². The zero-order valence-electron chi connectivity index (χ0n) is 12.7. The molecule has 0 saturated carbocycles. The third-order valence-electron chi connectivity index (χ3n) is 3.08. The molecule has 0 heterocycles. The molecule has 0 radical (unpaired) electrons. The van der Waals surface area contributed by atoms with Crippen LogP contribution < -0.4 is 4.72 Å². The van der Waals surface area contributed by atoms with Crippen LogP contribution in [0.15, 0.2) is 47.4 Å². The van der Waals surface area contributed by atoms with Crippen molar-refractivity contribution in [1.82, 2.24) is 0 Å². The Morgan fingerprint density at radius 3 is 2.43 bits per heavy atom. The molecule has 0 aliphatic carbocycles. The number of carbonyl (C=O) groups excluding carboxylic acids is 1. The summed E-state index contributed by atoms with van der Waals surface area (Å²) >= 11 is 0. The largest absolute Gasteiger partial charge is 0.507 e. The summed E-state index contributed by atoms with van der Waals surface area (Å²) in [7, 11) is -3.78. The van der Waals surface area contributed by atoms with E-state index < -0.39 is 16.0 Å². The number of phenolic OH excluding ortho intramolecular Hbond substituents is 1. The number of nitrogens with one attached hydrogen (secondary N) is 1. The quantitative estimate of drug-likeness (QED) is 0.647. The fourth-order valence-electron chi connectivity index (χ4n) is 1.90. The van der Waals surface area contributed by atoms with Crippen LogP contribution in [0.5, 0.6) is 5.75 Å². The highest BCUT2D eigenvalue weighted by atomic mass is 32.2. The van der Waals surface area contributed by atoms with Gasteiger partial charge in [0.1, 0.15) is 11.3 Å². The van der Waals surface area contributed by atoms with Gasteiger partial charge in [-0.3, -0.25) is 4.72 Å². The number of sulfonamides is 1. The van der Waals surface area contributed by atoms with Crippen molar-refractivity contribution in [3.05, 3.63) is 53.6 Å². The maximum Gasteiger partial charge on any atom is 0.341 e. The van der Waals surface area contributed by atoms with E-state index in [1.54, 1.807) is 19.1 Å². The van der Waals surface area contributed by atoms with E-state index in [1.165, 1.54) is 30.3 Å². The smallest absolute Gasteiger partial charge is 0.341 e. The van der Waals surface area contributed by atoms with Gasteiger partial charge in [0.05, 0.1) is 11.5 Å². The fraction of sp³-hybridized carbons (Fsp3) is 0.188. The summed E-state index contributed by atoms with van der Waals surface area (Å²) in [6.07, 6.45) is 0. The van der Waals surface area contributed by atoms with E-state index >= 15 is 0 Å². The monoisotopic (exact) mass is 335 g/mol. The molecule has 0 fully saturated rings. The summed E-state index contributed by atoms with van der Waals surface area (Å²) in [5.74, 6) is -0.997. The molecule has 122 valence electrons. The van der Waals surface area contributed by atoms with Crippen molar-refractivity contribution >= 4 is 21.7 Å². The molecule has 2 aromatic rings. The molecule has 0 bridgehead atoms. The lowest BCUT2D eigenvalue weighted by Crippen LogP contribution is -2.13. The van der Waals surface area contributed by atoms with Gasteiger partial charge >= 0.3 is 5.97 Å². The Labute approximate surface area is 134 Å². The van der Waals surface area contributed by atoms with Crippen LogP contribution in [-0.2, 0) is 14.8 Å².